The van der Waals surface area contributed by atoms with Crippen LogP contribution in [0.3, 0.4) is 0 Å². The number of likely N-dealkylation sites (tertiary alicyclic amines) is 1. The number of allylic oxidation sites excluding steroid dienone is 1. The second-order valence-corrected chi connectivity index (χ2v) is 14.8. The van der Waals surface area contributed by atoms with Crippen LogP contribution in [-0.4, -0.2) is 72.1 Å². The number of amides is 3. The van der Waals surface area contributed by atoms with E-state index in [0.717, 1.165) is 4.90 Å². The molecule has 1 unspecified atom stereocenters. The molecular formula is C37H36N4O9S. The molecule has 2 saturated heterocycles. The summed E-state index contributed by atoms with van der Waals surface area (Å²) in [6.45, 7) is 5.56. The standard InChI is InChI=1S/C37H36N4O9S/c1-37(2,3)50-36(45)38-29-33(43)40-30(35(44)49-31(24-10-6-4-7-11-24)25-12-8-5-9-13-25)27(22-51(48)34(29)40)20-26-18-19-39(32(26)42)21-23-14-16-28(17-15-23)41(46)47/h4-17,20,29,31,34H,18-19,21-22H2,1-3H3,(H,38,45)/b26-20+/t29-,34-,51?/m1/s1. The fourth-order valence-corrected chi connectivity index (χ4v) is 7.82. The molecule has 6 rings (SSSR count). The highest BCUT2D eigenvalue weighted by Crippen LogP contribution is 2.38. The van der Waals surface area contributed by atoms with Gasteiger partial charge >= 0.3 is 12.1 Å². The Labute approximate surface area is 296 Å². The molecule has 3 atom stereocenters. The van der Waals surface area contributed by atoms with Gasteiger partial charge in [0.15, 0.2) is 6.10 Å². The fourth-order valence-electron chi connectivity index (χ4n) is 6.19. The molecule has 0 aliphatic carbocycles. The molecule has 1 N–H and O–H groups in total. The lowest BCUT2D eigenvalue weighted by atomic mass is 10.00. The number of rotatable bonds is 9. The van der Waals surface area contributed by atoms with Crippen LogP contribution in [-0.2, 0) is 41.2 Å². The number of esters is 1. The van der Waals surface area contributed by atoms with Crippen LogP contribution in [0.25, 0.3) is 0 Å². The van der Waals surface area contributed by atoms with Gasteiger partial charge in [-0.3, -0.25) is 28.8 Å². The van der Waals surface area contributed by atoms with Crippen molar-refractivity contribution < 1.29 is 37.8 Å². The molecule has 3 aliphatic rings. The molecule has 3 aromatic rings. The summed E-state index contributed by atoms with van der Waals surface area (Å²) in [6, 6.07) is 22.9. The van der Waals surface area contributed by atoms with Crippen LogP contribution in [0.15, 0.2) is 108 Å². The molecular weight excluding hydrogens is 676 g/mol. The zero-order chi connectivity index (χ0) is 36.4. The Morgan fingerprint density at radius 1 is 1.00 bits per heavy atom. The number of ether oxygens (including phenoxy) is 2. The summed E-state index contributed by atoms with van der Waals surface area (Å²) in [5.41, 5.74) is 1.53. The normalized spacial score (nSPS) is 21.0. The van der Waals surface area contributed by atoms with Gasteiger partial charge in [0.2, 0.25) is 5.91 Å². The fraction of sp³-hybridized carbons (Fsp3) is 0.297. The minimum absolute atomic E-state index is 0.0621. The average Bonchev–Trinajstić information content (AvgIpc) is 3.43. The number of nitrogens with one attached hydrogen (secondary N) is 1. The van der Waals surface area contributed by atoms with E-state index in [9.17, 15) is 33.5 Å². The van der Waals surface area contributed by atoms with Crippen LogP contribution in [0.4, 0.5) is 10.5 Å². The van der Waals surface area contributed by atoms with E-state index in [0.29, 0.717) is 35.2 Å². The number of alkyl carbamates (subject to hydrolysis) is 1. The zero-order valence-electron chi connectivity index (χ0n) is 28.1. The Kier molecular flexibility index (Phi) is 9.88. The maximum absolute atomic E-state index is 14.3. The summed E-state index contributed by atoms with van der Waals surface area (Å²) in [5, 5.41) is 12.5. The summed E-state index contributed by atoms with van der Waals surface area (Å²) < 4.78 is 25.2. The molecule has 13 nitrogen and oxygen atoms in total. The van der Waals surface area contributed by atoms with Crippen molar-refractivity contribution in [3.05, 3.63) is 135 Å². The summed E-state index contributed by atoms with van der Waals surface area (Å²) >= 11 is 0. The van der Waals surface area contributed by atoms with Gasteiger partial charge in [0.1, 0.15) is 22.7 Å². The monoisotopic (exact) mass is 712 g/mol. The van der Waals surface area contributed by atoms with Gasteiger partial charge in [-0.15, -0.1) is 0 Å². The first-order valence-corrected chi connectivity index (χ1v) is 17.7. The number of benzene rings is 3. The van der Waals surface area contributed by atoms with Crippen LogP contribution in [0.5, 0.6) is 0 Å². The zero-order valence-corrected chi connectivity index (χ0v) is 29.0. The van der Waals surface area contributed by atoms with E-state index in [1.54, 1.807) is 37.8 Å². The number of hydrogen-bond acceptors (Lipinski definition) is 9. The predicted octanol–water partition coefficient (Wildman–Crippen LogP) is 4.66. The minimum atomic E-state index is -1.78. The number of carbonyl (C=O) groups excluding carboxylic acids is 4. The largest absolute Gasteiger partial charge is 0.448 e. The van der Waals surface area contributed by atoms with Crippen LogP contribution < -0.4 is 5.32 Å². The maximum atomic E-state index is 14.3. The van der Waals surface area contributed by atoms with E-state index in [-0.39, 0.29) is 35.2 Å². The number of nitro benzene ring substituents is 1. The molecule has 51 heavy (non-hydrogen) atoms. The van der Waals surface area contributed by atoms with Crippen molar-refractivity contribution in [1.29, 1.82) is 0 Å². The Hall–Kier alpha value is -5.63. The van der Waals surface area contributed by atoms with Gasteiger partial charge in [0, 0.05) is 30.8 Å². The topological polar surface area (TPSA) is 165 Å². The van der Waals surface area contributed by atoms with Gasteiger partial charge in [-0.05, 0) is 55.5 Å². The van der Waals surface area contributed by atoms with Crippen molar-refractivity contribution in [2.75, 3.05) is 12.3 Å². The first-order valence-electron chi connectivity index (χ1n) is 16.3. The molecule has 0 radical (unpaired) electrons. The number of carbonyl (C=O) groups is 4. The average molecular weight is 713 g/mol. The number of non-ortho nitro benzene ring substituents is 1. The SMILES string of the molecule is CC(C)(C)OC(=O)N[C@@H]1C(=O)N2C(C(=O)OC(c3ccccc3)c3ccccc3)=C(/C=C3\CCN(Cc4ccc([N+](=O)[O-])cc4)C3=O)CS(=O)[C@H]12. The molecule has 3 aromatic carbocycles. The van der Waals surface area contributed by atoms with Crippen molar-refractivity contribution in [3.8, 4) is 0 Å². The summed E-state index contributed by atoms with van der Waals surface area (Å²) in [6.07, 6.45) is 0.0901. The third-order valence-corrected chi connectivity index (χ3v) is 10.1. The Balaban J connectivity index is 1.33. The minimum Gasteiger partial charge on any atom is -0.448 e. The van der Waals surface area contributed by atoms with Crippen molar-refractivity contribution >= 4 is 40.4 Å². The predicted molar refractivity (Wildman–Crippen MR) is 186 cm³/mol. The molecule has 264 valence electrons. The van der Waals surface area contributed by atoms with Gasteiger partial charge in [0.25, 0.3) is 11.6 Å². The molecule has 0 saturated carbocycles. The molecule has 0 bridgehead atoms. The van der Waals surface area contributed by atoms with E-state index < -0.39 is 56.8 Å². The Morgan fingerprint density at radius 3 is 2.18 bits per heavy atom. The van der Waals surface area contributed by atoms with E-state index in [2.05, 4.69) is 5.32 Å². The lowest BCUT2D eigenvalue weighted by Gasteiger charge is -2.49. The quantitative estimate of drug-likeness (QED) is 0.109. The van der Waals surface area contributed by atoms with Crippen molar-refractivity contribution in [2.24, 2.45) is 0 Å². The van der Waals surface area contributed by atoms with Crippen molar-refractivity contribution in [2.45, 2.75) is 56.9 Å². The third-order valence-electron chi connectivity index (χ3n) is 8.53. The number of nitro groups is 1. The second kappa shape index (κ2) is 14.3. The van der Waals surface area contributed by atoms with E-state index in [1.165, 1.54) is 18.2 Å². The van der Waals surface area contributed by atoms with Crippen molar-refractivity contribution in [3.63, 3.8) is 0 Å². The molecule has 14 heteroatoms. The van der Waals surface area contributed by atoms with Crippen LogP contribution in [0, 0.1) is 10.1 Å². The number of β-lactam (4-membered cyclic amide) rings is 1. The molecule has 0 spiro atoms. The van der Waals surface area contributed by atoms with E-state index in [4.69, 9.17) is 9.47 Å². The smallest absolute Gasteiger partial charge is 0.408 e. The highest BCUT2D eigenvalue weighted by Gasteiger charge is 2.58. The Bertz CT molecular complexity index is 1920. The maximum Gasteiger partial charge on any atom is 0.408 e. The Morgan fingerprint density at radius 2 is 1.61 bits per heavy atom. The summed E-state index contributed by atoms with van der Waals surface area (Å²) in [5.74, 6) is -2.05. The molecule has 3 heterocycles. The van der Waals surface area contributed by atoms with Gasteiger partial charge in [-0.25, -0.2) is 9.59 Å². The summed E-state index contributed by atoms with van der Waals surface area (Å²) in [7, 11) is -1.78. The molecule has 3 amide bonds. The lowest BCUT2D eigenvalue weighted by molar-refractivity contribution is -0.384. The lowest BCUT2D eigenvalue weighted by Crippen LogP contribution is -2.73. The molecule has 2 fully saturated rings. The highest BCUT2D eigenvalue weighted by atomic mass is 32.2. The number of nitrogens with zero attached hydrogens (tertiary/aromatic N) is 3. The van der Waals surface area contributed by atoms with Gasteiger partial charge in [-0.2, -0.15) is 0 Å². The number of hydrogen-bond donors (Lipinski definition) is 1. The first-order chi connectivity index (χ1) is 24.3. The third kappa shape index (κ3) is 7.60. The molecule has 0 aromatic heterocycles. The number of fused-ring (bicyclic) bond motifs is 1. The van der Waals surface area contributed by atoms with Crippen molar-refractivity contribution in [1.82, 2.24) is 15.1 Å². The summed E-state index contributed by atoms with van der Waals surface area (Å²) in [4.78, 5) is 67.4. The van der Waals surface area contributed by atoms with Crippen LogP contribution >= 0.6 is 0 Å². The van der Waals surface area contributed by atoms with E-state index in [1.807, 2.05) is 60.7 Å². The van der Waals surface area contributed by atoms with Gasteiger partial charge in [-0.1, -0.05) is 72.8 Å². The second-order valence-electron chi connectivity index (χ2n) is 13.3. The highest BCUT2D eigenvalue weighted by molar-refractivity contribution is 7.86. The van der Waals surface area contributed by atoms with Crippen LogP contribution in [0.2, 0.25) is 0 Å². The van der Waals surface area contributed by atoms with Crippen LogP contribution in [0.1, 0.15) is 50.0 Å². The van der Waals surface area contributed by atoms with E-state index >= 15 is 0 Å². The molecule has 3 aliphatic heterocycles. The van der Waals surface area contributed by atoms with Gasteiger partial charge < -0.3 is 19.7 Å². The van der Waals surface area contributed by atoms with Gasteiger partial charge in [0.05, 0.1) is 21.5 Å². The first kappa shape index (κ1) is 35.2.